The third-order valence-corrected chi connectivity index (χ3v) is 7.65. The number of rotatable bonds is 5. The number of fused-ring (bicyclic) bond motifs is 1. The fourth-order valence-corrected chi connectivity index (χ4v) is 5.61. The number of methoxy groups -OCH3 is 1. The smallest absolute Gasteiger partial charge is 0.308 e. The average molecular weight is 457 g/mol. The Labute approximate surface area is 198 Å². The summed E-state index contributed by atoms with van der Waals surface area (Å²) in [5.41, 5.74) is 4.15. The molecule has 0 amide bonds. The summed E-state index contributed by atoms with van der Waals surface area (Å²) in [6, 6.07) is 16.7. The SMILES string of the molecule is COC(=O)C1CCC(n2nc3ccccc3c2-c2nc(C3(c4ccccc4C)CC3)no2)CC1. The molecule has 0 unspecified atom stereocenters. The average Bonchev–Trinajstić information content (AvgIpc) is 3.36. The molecule has 6 rings (SSSR count). The minimum absolute atomic E-state index is 0.0338. The number of nitrogens with zero attached hydrogens (tertiary/aromatic N) is 4. The molecule has 0 N–H and O–H groups in total. The van der Waals surface area contributed by atoms with Gasteiger partial charge in [0.05, 0.1) is 30.0 Å². The second-order valence-electron chi connectivity index (χ2n) is 9.66. The van der Waals surface area contributed by atoms with Crippen molar-refractivity contribution < 1.29 is 14.1 Å². The lowest BCUT2D eigenvalue weighted by Gasteiger charge is -2.27. The van der Waals surface area contributed by atoms with Crippen molar-refractivity contribution in [3.05, 3.63) is 65.5 Å². The summed E-state index contributed by atoms with van der Waals surface area (Å²) in [5.74, 6) is 1.12. The van der Waals surface area contributed by atoms with Gasteiger partial charge in [-0.05, 0) is 62.6 Å². The van der Waals surface area contributed by atoms with Gasteiger partial charge >= 0.3 is 5.97 Å². The van der Waals surface area contributed by atoms with Gasteiger partial charge in [0.25, 0.3) is 5.89 Å². The molecule has 2 saturated carbocycles. The lowest BCUT2D eigenvalue weighted by Crippen LogP contribution is -2.25. The van der Waals surface area contributed by atoms with Gasteiger partial charge in [-0.15, -0.1) is 0 Å². The van der Waals surface area contributed by atoms with Crippen LogP contribution in [0.25, 0.3) is 22.5 Å². The number of hydrogen-bond donors (Lipinski definition) is 0. The lowest BCUT2D eigenvalue weighted by molar-refractivity contribution is -0.146. The Kier molecular flexibility index (Phi) is 5.01. The van der Waals surface area contributed by atoms with Gasteiger partial charge in [-0.1, -0.05) is 47.6 Å². The molecule has 0 saturated heterocycles. The van der Waals surface area contributed by atoms with Crippen molar-refractivity contribution in [2.45, 2.75) is 56.9 Å². The topological polar surface area (TPSA) is 83.0 Å². The van der Waals surface area contributed by atoms with Crippen molar-refractivity contribution in [1.82, 2.24) is 19.9 Å². The molecular weight excluding hydrogens is 428 g/mol. The first-order valence-corrected chi connectivity index (χ1v) is 12.1. The van der Waals surface area contributed by atoms with Crippen molar-refractivity contribution >= 4 is 16.9 Å². The van der Waals surface area contributed by atoms with Crippen LogP contribution in [0.2, 0.25) is 0 Å². The van der Waals surface area contributed by atoms with Crippen LogP contribution in [0.5, 0.6) is 0 Å². The van der Waals surface area contributed by atoms with Crippen molar-refractivity contribution in [3.8, 4) is 11.6 Å². The van der Waals surface area contributed by atoms with E-state index in [1.54, 1.807) is 0 Å². The highest BCUT2D eigenvalue weighted by Crippen LogP contribution is 2.53. The van der Waals surface area contributed by atoms with E-state index in [1.807, 2.05) is 18.2 Å². The maximum absolute atomic E-state index is 12.0. The zero-order chi connectivity index (χ0) is 23.3. The first kappa shape index (κ1) is 21.1. The van der Waals surface area contributed by atoms with Crippen molar-refractivity contribution in [1.29, 1.82) is 0 Å². The number of carbonyl (C=O) groups is 1. The van der Waals surface area contributed by atoms with E-state index >= 15 is 0 Å². The van der Waals surface area contributed by atoms with E-state index in [-0.39, 0.29) is 23.3 Å². The molecule has 7 nitrogen and oxygen atoms in total. The summed E-state index contributed by atoms with van der Waals surface area (Å²) in [4.78, 5) is 17.0. The molecule has 0 atom stereocenters. The molecule has 174 valence electrons. The van der Waals surface area contributed by atoms with Gasteiger partial charge < -0.3 is 9.26 Å². The standard InChI is InChI=1S/C27H28N4O3/c1-17-7-3-5-9-21(17)27(15-16-27)26-28-24(34-30-26)23-20-8-4-6-10-22(20)29-31(23)19-13-11-18(12-14-19)25(32)33-2/h3-10,18-19H,11-16H2,1-2H3. The van der Waals surface area contributed by atoms with Gasteiger partial charge in [0.15, 0.2) is 5.82 Å². The van der Waals surface area contributed by atoms with Gasteiger partial charge in [0, 0.05) is 5.39 Å². The van der Waals surface area contributed by atoms with Crippen LogP contribution in [0, 0.1) is 12.8 Å². The Morgan fingerprint density at radius 1 is 1.06 bits per heavy atom. The Morgan fingerprint density at radius 3 is 2.53 bits per heavy atom. The van der Waals surface area contributed by atoms with Gasteiger partial charge in [-0.25, -0.2) is 0 Å². The first-order chi connectivity index (χ1) is 16.6. The fourth-order valence-electron chi connectivity index (χ4n) is 5.61. The molecule has 2 heterocycles. The Hall–Kier alpha value is -3.48. The van der Waals surface area contributed by atoms with Crippen molar-refractivity contribution in [2.24, 2.45) is 5.92 Å². The molecule has 0 radical (unpaired) electrons. The van der Waals surface area contributed by atoms with Gasteiger partial charge in [-0.2, -0.15) is 10.1 Å². The van der Waals surface area contributed by atoms with Crippen LogP contribution >= 0.6 is 0 Å². The molecule has 4 aromatic rings. The second-order valence-corrected chi connectivity index (χ2v) is 9.66. The molecule has 2 aliphatic carbocycles. The first-order valence-electron chi connectivity index (χ1n) is 12.1. The number of hydrogen-bond acceptors (Lipinski definition) is 6. The van der Waals surface area contributed by atoms with Gasteiger partial charge in [-0.3, -0.25) is 9.48 Å². The largest absolute Gasteiger partial charge is 0.469 e. The molecule has 2 aromatic carbocycles. The Balaban J connectivity index is 1.38. The van der Waals surface area contributed by atoms with E-state index in [0.717, 1.165) is 60.9 Å². The fraction of sp³-hybridized carbons (Fsp3) is 0.407. The van der Waals surface area contributed by atoms with Crippen LogP contribution in [-0.2, 0) is 14.9 Å². The quantitative estimate of drug-likeness (QED) is 0.375. The zero-order valence-electron chi connectivity index (χ0n) is 19.5. The summed E-state index contributed by atoms with van der Waals surface area (Å²) in [6.45, 7) is 2.14. The minimum atomic E-state index is -0.160. The van der Waals surface area contributed by atoms with Crippen LogP contribution in [0.3, 0.4) is 0 Å². The molecule has 2 fully saturated rings. The second kappa shape index (κ2) is 8.08. The number of benzene rings is 2. The predicted octanol–water partition coefficient (Wildman–Crippen LogP) is 5.38. The summed E-state index contributed by atoms with van der Waals surface area (Å²) in [6.07, 6.45) is 5.34. The molecule has 2 aliphatic rings. The molecule has 7 heteroatoms. The van der Waals surface area contributed by atoms with Crippen LogP contribution in [0.1, 0.15) is 61.5 Å². The highest BCUT2D eigenvalue weighted by Gasteiger charge is 2.51. The molecule has 34 heavy (non-hydrogen) atoms. The minimum Gasteiger partial charge on any atom is -0.469 e. The molecule has 0 aliphatic heterocycles. The van der Waals surface area contributed by atoms with Crippen LogP contribution < -0.4 is 0 Å². The molecular formula is C27H28N4O3. The van der Waals surface area contributed by atoms with E-state index in [0.29, 0.717) is 5.89 Å². The maximum Gasteiger partial charge on any atom is 0.308 e. The van der Waals surface area contributed by atoms with Gasteiger partial charge in [0.2, 0.25) is 0 Å². The summed E-state index contributed by atoms with van der Waals surface area (Å²) in [7, 11) is 1.46. The molecule has 2 aromatic heterocycles. The van der Waals surface area contributed by atoms with Crippen LogP contribution in [-0.4, -0.2) is 33.0 Å². The van der Waals surface area contributed by atoms with E-state index in [2.05, 4.69) is 47.1 Å². The third-order valence-electron chi connectivity index (χ3n) is 7.65. The Bertz CT molecular complexity index is 1360. The highest BCUT2D eigenvalue weighted by molar-refractivity contribution is 5.91. The van der Waals surface area contributed by atoms with Gasteiger partial charge in [0.1, 0.15) is 5.69 Å². The van der Waals surface area contributed by atoms with Crippen LogP contribution in [0.15, 0.2) is 53.1 Å². The number of aryl methyl sites for hydroxylation is 1. The predicted molar refractivity (Wildman–Crippen MR) is 127 cm³/mol. The monoisotopic (exact) mass is 456 g/mol. The summed E-state index contributed by atoms with van der Waals surface area (Å²) < 4.78 is 12.9. The number of esters is 1. The number of aromatic nitrogens is 4. The van der Waals surface area contributed by atoms with Crippen molar-refractivity contribution in [2.75, 3.05) is 7.11 Å². The van der Waals surface area contributed by atoms with E-state index in [9.17, 15) is 4.79 Å². The van der Waals surface area contributed by atoms with Crippen molar-refractivity contribution in [3.63, 3.8) is 0 Å². The maximum atomic E-state index is 12.0. The van der Waals surface area contributed by atoms with E-state index in [1.165, 1.54) is 18.2 Å². The normalized spacial score (nSPS) is 21.5. The summed E-state index contributed by atoms with van der Waals surface area (Å²) >= 11 is 0. The summed E-state index contributed by atoms with van der Waals surface area (Å²) in [5, 5.41) is 10.4. The van der Waals surface area contributed by atoms with Crippen LogP contribution in [0.4, 0.5) is 0 Å². The Morgan fingerprint density at radius 2 is 1.79 bits per heavy atom. The molecule has 0 bridgehead atoms. The number of ether oxygens (including phenoxy) is 1. The van der Waals surface area contributed by atoms with E-state index < -0.39 is 0 Å². The highest BCUT2D eigenvalue weighted by atomic mass is 16.5. The number of carbonyl (C=O) groups excluding carboxylic acids is 1. The third kappa shape index (κ3) is 3.33. The molecule has 0 spiro atoms. The lowest BCUT2D eigenvalue weighted by atomic mass is 9.86. The van der Waals surface area contributed by atoms with E-state index in [4.69, 9.17) is 19.3 Å². The zero-order valence-corrected chi connectivity index (χ0v) is 19.5.